The molecule has 0 atom stereocenters. The zero-order valence-electron chi connectivity index (χ0n) is 9.07. The van der Waals surface area contributed by atoms with E-state index in [2.05, 4.69) is 10.3 Å². The van der Waals surface area contributed by atoms with Crippen molar-refractivity contribution in [2.24, 2.45) is 0 Å². The van der Waals surface area contributed by atoms with Crippen LogP contribution in [0.2, 0.25) is 0 Å². The molecule has 82 valence electrons. The number of hydrogen-bond donors (Lipinski definition) is 1. The number of halogens is 1. The third-order valence-corrected chi connectivity index (χ3v) is 2.33. The predicted molar refractivity (Wildman–Crippen MR) is 62.7 cm³/mol. The number of aryl methyl sites for hydroxylation is 1. The van der Waals surface area contributed by atoms with Crippen LogP contribution < -0.4 is 5.32 Å². The minimum absolute atomic E-state index is 0.227. The molecule has 0 aliphatic rings. The Hall–Kier alpha value is -1.90. The molecule has 0 unspecified atom stereocenters. The molecule has 16 heavy (non-hydrogen) atoms. The van der Waals surface area contributed by atoms with E-state index in [-0.39, 0.29) is 5.82 Å². The molecule has 2 nitrogen and oxygen atoms in total. The van der Waals surface area contributed by atoms with Crippen LogP contribution in [0.1, 0.15) is 11.1 Å². The van der Waals surface area contributed by atoms with E-state index >= 15 is 0 Å². The summed E-state index contributed by atoms with van der Waals surface area (Å²) in [6.45, 7) is 2.52. The first-order valence-corrected chi connectivity index (χ1v) is 5.14. The van der Waals surface area contributed by atoms with Crippen molar-refractivity contribution in [2.45, 2.75) is 13.5 Å². The summed E-state index contributed by atoms with van der Waals surface area (Å²) in [6, 6.07) is 8.84. The Bertz CT molecular complexity index is 469. The number of pyridine rings is 1. The Morgan fingerprint density at radius 2 is 2.19 bits per heavy atom. The van der Waals surface area contributed by atoms with Gasteiger partial charge in [-0.1, -0.05) is 12.1 Å². The van der Waals surface area contributed by atoms with Crippen LogP contribution in [0, 0.1) is 12.7 Å². The average Bonchev–Trinajstić information content (AvgIpc) is 2.32. The molecule has 0 aliphatic carbocycles. The number of nitrogens with zero attached hydrogens (tertiary/aromatic N) is 1. The van der Waals surface area contributed by atoms with E-state index in [1.807, 2.05) is 19.1 Å². The number of aromatic nitrogens is 1. The van der Waals surface area contributed by atoms with Crippen LogP contribution in [0.5, 0.6) is 0 Å². The maximum Gasteiger partial charge on any atom is 0.146 e. The van der Waals surface area contributed by atoms with Gasteiger partial charge in [-0.25, -0.2) is 4.39 Å². The Balaban J connectivity index is 2.08. The highest BCUT2D eigenvalue weighted by Crippen LogP contribution is 2.16. The molecular formula is C13H13FN2. The van der Waals surface area contributed by atoms with Gasteiger partial charge in [-0.15, -0.1) is 0 Å². The lowest BCUT2D eigenvalue weighted by Crippen LogP contribution is -2.01. The van der Waals surface area contributed by atoms with Gasteiger partial charge in [-0.2, -0.15) is 0 Å². The first kappa shape index (κ1) is 10.6. The summed E-state index contributed by atoms with van der Waals surface area (Å²) in [4.78, 5) is 4.00. The lowest BCUT2D eigenvalue weighted by atomic mass is 10.2. The fourth-order valence-corrected chi connectivity index (χ4v) is 1.47. The van der Waals surface area contributed by atoms with Crippen molar-refractivity contribution in [3.8, 4) is 0 Å². The fraction of sp³-hybridized carbons (Fsp3) is 0.154. The van der Waals surface area contributed by atoms with E-state index in [1.165, 1.54) is 6.07 Å². The smallest absolute Gasteiger partial charge is 0.146 e. The van der Waals surface area contributed by atoms with Crippen molar-refractivity contribution in [2.75, 3.05) is 5.32 Å². The summed E-state index contributed by atoms with van der Waals surface area (Å²) < 4.78 is 13.4. The van der Waals surface area contributed by atoms with E-state index in [0.717, 1.165) is 11.1 Å². The van der Waals surface area contributed by atoms with Crippen LogP contribution in [0.25, 0.3) is 0 Å². The van der Waals surface area contributed by atoms with Crippen LogP contribution in [-0.2, 0) is 6.54 Å². The molecule has 0 amide bonds. The molecule has 1 aromatic heterocycles. The van der Waals surface area contributed by atoms with Gasteiger partial charge in [0.05, 0.1) is 5.69 Å². The summed E-state index contributed by atoms with van der Waals surface area (Å²) in [5, 5.41) is 3.06. The summed E-state index contributed by atoms with van der Waals surface area (Å²) in [5.41, 5.74) is 2.60. The zero-order valence-corrected chi connectivity index (χ0v) is 9.07. The highest BCUT2D eigenvalue weighted by Gasteiger charge is 2.01. The number of benzene rings is 1. The lowest BCUT2D eigenvalue weighted by Gasteiger charge is -2.08. The molecule has 0 saturated heterocycles. The van der Waals surface area contributed by atoms with E-state index < -0.39 is 0 Å². The normalized spacial score (nSPS) is 10.1. The van der Waals surface area contributed by atoms with Crippen molar-refractivity contribution in [3.05, 3.63) is 59.7 Å². The molecule has 0 saturated carbocycles. The number of anilines is 1. The lowest BCUT2D eigenvalue weighted by molar-refractivity contribution is 0.629. The van der Waals surface area contributed by atoms with Crippen molar-refractivity contribution in [1.29, 1.82) is 0 Å². The second kappa shape index (κ2) is 4.75. The van der Waals surface area contributed by atoms with E-state index in [4.69, 9.17) is 0 Å². The van der Waals surface area contributed by atoms with Gasteiger partial charge in [-0.3, -0.25) is 4.98 Å². The van der Waals surface area contributed by atoms with E-state index in [9.17, 15) is 4.39 Å². The van der Waals surface area contributed by atoms with Crippen molar-refractivity contribution in [3.63, 3.8) is 0 Å². The minimum atomic E-state index is -0.227. The third kappa shape index (κ3) is 2.57. The summed E-state index contributed by atoms with van der Waals surface area (Å²) in [6.07, 6.45) is 3.48. The monoisotopic (exact) mass is 216 g/mol. The summed E-state index contributed by atoms with van der Waals surface area (Å²) >= 11 is 0. The van der Waals surface area contributed by atoms with Crippen LogP contribution in [0.3, 0.4) is 0 Å². The molecular weight excluding hydrogens is 203 g/mol. The van der Waals surface area contributed by atoms with Crippen molar-refractivity contribution >= 4 is 5.69 Å². The first-order valence-electron chi connectivity index (χ1n) is 5.14. The van der Waals surface area contributed by atoms with Crippen LogP contribution >= 0.6 is 0 Å². The minimum Gasteiger partial charge on any atom is -0.379 e. The van der Waals surface area contributed by atoms with Crippen LogP contribution in [0.4, 0.5) is 10.1 Å². The molecule has 0 fully saturated rings. The Morgan fingerprint density at radius 3 is 2.94 bits per heavy atom. The van der Waals surface area contributed by atoms with E-state index in [0.29, 0.717) is 12.2 Å². The standard InChI is InChI=1S/C13H13FN2/c1-10-4-5-12(14)13(7-10)16-9-11-3-2-6-15-8-11/h2-8,16H,9H2,1H3. The third-order valence-electron chi connectivity index (χ3n) is 2.33. The molecule has 1 aromatic carbocycles. The molecule has 2 aromatic rings. The zero-order chi connectivity index (χ0) is 11.4. The van der Waals surface area contributed by atoms with Gasteiger partial charge in [0.1, 0.15) is 5.82 Å². The topological polar surface area (TPSA) is 24.9 Å². The molecule has 0 radical (unpaired) electrons. The summed E-state index contributed by atoms with van der Waals surface area (Å²) in [7, 11) is 0. The Morgan fingerprint density at radius 1 is 1.31 bits per heavy atom. The SMILES string of the molecule is Cc1ccc(F)c(NCc2cccnc2)c1. The second-order valence-corrected chi connectivity index (χ2v) is 3.70. The molecule has 1 N–H and O–H groups in total. The van der Waals surface area contributed by atoms with Crippen LogP contribution in [-0.4, -0.2) is 4.98 Å². The van der Waals surface area contributed by atoms with Gasteiger partial charge in [-0.05, 0) is 36.2 Å². The maximum absolute atomic E-state index is 13.4. The summed E-state index contributed by atoms with van der Waals surface area (Å²) in [5.74, 6) is -0.227. The van der Waals surface area contributed by atoms with Gasteiger partial charge in [0.15, 0.2) is 0 Å². The van der Waals surface area contributed by atoms with Crippen molar-refractivity contribution < 1.29 is 4.39 Å². The van der Waals surface area contributed by atoms with E-state index in [1.54, 1.807) is 24.5 Å². The van der Waals surface area contributed by atoms with Gasteiger partial charge in [0, 0.05) is 18.9 Å². The number of hydrogen-bond acceptors (Lipinski definition) is 2. The number of rotatable bonds is 3. The quantitative estimate of drug-likeness (QED) is 0.852. The fourth-order valence-electron chi connectivity index (χ4n) is 1.47. The molecule has 0 aliphatic heterocycles. The van der Waals surface area contributed by atoms with Gasteiger partial charge in [0.25, 0.3) is 0 Å². The molecule has 0 spiro atoms. The maximum atomic E-state index is 13.4. The largest absolute Gasteiger partial charge is 0.379 e. The first-order chi connectivity index (χ1) is 7.75. The predicted octanol–water partition coefficient (Wildman–Crippen LogP) is 3.14. The molecule has 1 heterocycles. The van der Waals surface area contributed by atoms with Gasteiger partial charge >= 0.3 is 0 Å². The molecule has 0 bridgehead atoms. The average molecular weight is 216 g/mol. The Kier molecular flexibility index (Phi) is 3.15. The van der Waals surface area contributed by atoms with Gasteiger partial charge < -0.3 is 5.32 Å². The van der Waals surface area contributed by atoms with Crippen LogP contribution in [0.15, 0.2) is 42.7 Å². The molecule has 3 heteroatoms. The highest BCUT2D eigenvalue weighted by molar-refractivity contribution is 5.47. The highest BCUT2D eigenvalue weighted by atomic mass is 19.1. The van der Waals surface area contributed by atoms with Crippen molar-refractivity contribution in [1.82, 2.24) is 4.98 Å². The Labute approximate surface area is 94.2 Å². The van der Waals surface area contributed by atoms with Gasteiger partial charge in [0.2, 0.25) is 0 Å². The molecule has 2 rings (SSSR count). The second-order valence-electron chi connectivity index (χ2n) is 3.70. The number of nitrogens with one attached hydrogen (secondary N) is 1.